The summed E-state index contributed by atoms with van der Waals surface area (Å²) in [6.45, 7) is 2.99. The van der Waals surface area contributed by atoms with E-state index in [0.717, 1.165) is 30.2 Å². The standard InChI is InChI=1S/C18H23N3OS2/c1-14-5-3-6-15(11-14)13-24-10-4-9-19-18(23)21-16-7-8-17(22-2)20-12-16/h3,5-8,11-12H,4,9-10,13H2,1-2H3,(H2,19,21,23). The van der Waals surface area contributed by atoms with Crippen molar-refractivity contribution in [2.45, 2.75) is 19.1 Å². The van der Waals surface area contributed by atoms with Crippen molar-refractivity contribution < 1.29 is 4.74 Å². The maximum Gasteiger partial charge on any atom is 0.213 e. The summed E-state index contributed by atoms with van der Waals surface area (Å²) in [6, 6.07) is 12.4. The van der Waals surface area contributed by atoms with Crippen LogP contribution in [0.2, 0.25) is 0 Å². The molecular formula is C18H23N3OS2. The fraction of sp³-hybridized carbons (Fsp3) is 0.333. The zero-order chi connectivity index (χ0) is 17.2. The van der Waals surface area contributed by atoms with E-state index in [-0.39, 0.29) is 0 Å². The SMILES string of the molecule is COc1ccc(NC(=S)NCCCSCc2cccc(C)c2)cn1. The van der Waals surface area contributed by atoms with Crippen LogP contribution in [0, 0.1) is 6.92 Å². The molecule has 0 unspecified atom stereocenters. The molecule has 0 aliphatic carbocycles. The number of thiocarbonyl (C=S) groups is 1. The first kappa shape index (κ1) is 18.5. The predicted molar refractivity (Wildman–Crippen MR) is 107 cm³/mol. The number of nitrogens with zero attached hydrogens (tertiary/aromatic N) is 1. The van der Waals surface area contributed by atoms with Crippen LogP contribution in [0.15, 0.2) is 42.6 Å². The molecule has 2 aromatic rings. The number of aryl methyl sites for hydroxylation is 1. The summed E-state index contributed by atoms with van der Waals surface area (Å²) in [6.07, 6.45) is 2.77. The van der Waals surface area contributed by atoms with Gasteiger partial charge in [0, 0.05) is 18.4 Å². The first-order chi connectivity index (χ1) is 11.7. The Labute approximate surface area is 153 Å². The average Bonchev–Trinajstić information content (AvgIpc) is 2.59. The van der Waals surface area contributed by atoms with E-state index in [1.54, 1.807) is 19.4 Å². The largest absolute Gasteiger partial charge is 0.481 e. The Morgan fingerprint density at radius 2 is 2.17 bits per heavy atom. The Morgan fingerprint density at radius 3 is 2.88 bits per heavy atom. The van der Waals surface area contributed by atoms with Gasteiger partial charge in [-0.2, -0.15) is 11.8 Å². The summed E-state index contributed by atoms with van der Waals surface area (Å²) >= 11 is 7.23. The van der Waals surface area contributed by atoms with E-state index in [1.807, 2.05) is 17.8 Å². The molecule has 0 saturated carbocycles. The summed E-state index contributed by atoms with van der Waals surface area (Å²) in [7, 11) is 1.60. The highest BCUT2D eigenvalue weighted by Crippen LogP contribution is 2.14. The molecule has 1 heterocycles. The summed E-state index contributed by atoms with van der Waals surface area (Å²) in [4.78, 5) is 4.13. The second kappa shape index (κ2) is 10.2. The van der Waals surface area contributed by atoms with Crippen molar-refractivity contribution in [3.8, 4) is 5.88 Å². The number of ether oxygens (including phenoxy) is 1. The molecule has 2 rings (SSSR count). The summed E-state index contributed by atoms with van der Waals surface area (Å²) in [5, 5.41) is 6.94. The lowest BCUT2D eigenvalue weighted by Gasteiger charge is -2.10. The first-order valence-electron chi connectivity index (χ1n) is 7.85. The van der Waals surface area contributed by atoms with E-state index in [0.29, 0.717) is 11.0 Å². The van der Waals surface area contributed by atoms with Crippen molar-refractivity contribution in [1.29, 1.82) is 0 Å². The lowest BCUT2D eigenvalue weighted by molar-refractivity contribution is 0.398. The maximum atomic E-state index is 5.28. The third-order valence-electron chi connectivity index (χ3n) is 3.31. The smallest absolute Gasteiger partial charge is 0.213 e. The molecular weight excluding hydrogens is 338 g/mol. The minimum atomic E-state index is 0.588. The number of nitrogens with one attached hydrogen (secondary N) is 2. The number of hydrogen-bond donors (Lipinski definition) is 2. The van der Waals surface area contributed by atoms with E-state index in [2.05, 4.69) is 46.8 Å². The highest BCUT2D eigenvalue weighted by molar-refractivity contribution is 7.98. The Morgan fingerprint density at radius 1 is 1.29 bits per heavy atom. The Bertz CT molecular complexity index is 647. The molecule has 4 nitrogen and oxygen atoms in total. The van der Waals surface area contributed by atoms with E-state index in [4.69, 9.17) is 17.0 Å². The summed E-state index contributed by atoms with van der Waals surface area (Å²) in [5.41, 5.74) is 3.55. The average molecular weight is 362 g/mol. The van der Waals surface area contributed by atoms with Gasteiger partial charge in [-0.3, -0.25) is 0 Å². The normalized spacial score (nSPS) is 10.2. The van der Waals surface area contributed by atoms with Crippen LogP contribution in [0.4, 0.5) is 5.69 Å². The second-order valence-electron chi connectivity index (χ2n) is 5.37. The van der Waals surface area contributed by atoms with E-state index in [9.17, 15) is 0 Å². The highest BCUT2D eigenvalue weighted by Gasteiger charge is 1.99. The van der Waals surface area contributed by atoms with Gasteiger partial charge in [-0.1, -0.05) is 29.8 Å². The number of hydrogen-bond acceptors (Lipinski definition) is 4. The van der Waals surface area contributed by atoms with Gasteiger partial charge in [-0.25, -0.2) is 4.98 Å². The molecule has 0 saturated heterocycles. The van der Waals surface area contributed by atoms with Crippen LogP contribution in [0.5, 0.6) is 5.88 Å². The monoisotopic (exact) mass is 361 g/mol. The molecule has 0 atom stereocenters. The number of rotatable bonds is 8. The van der Waals surface area contributed by atoms with Gasteiger partial charge in [0.25, 0.3) is 0 Å². The first-order valence-corrected chi connectivity index (χ1v) is 9.42. The van der Waals surface area contributed by atoms with Crippen LogP contribution < -0.4 is 15.4 Å². The van der Waals surface area contributed by atoms with Crippen molar-refractivity contribution in [1.82, 2.24) is 10.3 Å². The number of aromatic nitrogens is 1. The molecule has 2 N–H and O–H groups in total. The zero-order valence-corrected chi connectivity index (χ0v) is 15.7. The Hall–Kier alpha value is -1.79. The highest BCUT2D eigenvalue weighted by atomic mass is 32.2. The third kappa shape index (κ3) is 6.76. The Kier molecular flexibility index (Phi) is 7.85. The number of pyridine rings is 1. The molecule has 0 bridgehead atoms. The quantitative estimate of drug-likeness (QED) is 0.547. The fourth-order valence-electron chi connectivity index (χ4n) is 2.12. The molecule has 0 aliphatic heterocycles. The van der Waals surface area contributed by atoms with Gasteiger partial charge in [-0.05, 0) is 42.9 Å². The van der Waals surface area contributed by atoms with Crippen molar-refractivity contribution in [3.05, 3.63) is 53.7 Å². The topological polar surface area (TPSA) is 46.2 Å². The van der Waals surface area contributed by atoms with Gasteiger partial charge in [0.05, 0.1) is 19.0 Å². The third-order valence-corrected chi connectivity index (χ3v) is 4.67. The van der Waals surface area contributed by atoms with E-state index >= 15 is 0 Å². The molecule has 0 radical (unpaired) electrons. The molecule has 1 aromatic heterocycles. The van der Waals surface area contributed by atoms with Gasteiger partial charge in [-0.15, -0.1) is 0 Å². The molecule has 0 amide bonds. The van der Waals surface area contributed by atoms with E-state index < -0.39 is 0 Å². The molecule has 0 aliphatic rings. The van der Waals surface area contributed by atoms with E-state index in [1.165, 1.54) is 11.1 Å². The van der Waals surface area contributed by atoms with Crippen LogP contribution in [0.3, 0.4) is 0 Å². The van der Waals surface area contributed by atoms with Crippen LogP contribution in [-0.2, 0) is 5.75 Å². The van der Waals surface area contributed by atoms with Crippen molar-refractivity contribution in [2.24, 2.45) is 0 Å². The number of methoxy groups -OCH3 is 1. The minimum absolute atomic E-state index is 0.588. The van der Waals surface area contributed by atoms with Crippen molar-refractivity contribution in [3.63, 3.8) is 0 Å². The lowest BCUT2D eigenvalue weighted by atomic mass is 10.2. The lowest BCUT2D eigenvalue weighted by Crippen LogP contribution is -2.29. The van der Waals surface area contributed by atoms with Crippen LogP contribution in [0.25, 0.3) is 0 Å². The molecule has 24 heavy (non-hydrogen) atoms. The van der Waals surface area contributed by atoms with Gasteiger partial charge in [0.15, 0.2) is 5.11 Å². The molecule has 6 heteroatoms. The van der Waals surface area contributed by atoms with Crippen molar-refractivity contribution in [2.75, 3.05) is 24.7 Å². The molecule has 128 valence electrons. The minimum Gasteiger partial charge on any atom is -0.481 e. The van der Waals surface area contributed by atoms with Crippen LogP contribution in [0.1, 0.15) is 17.5 Å². The van der Waals surface area contributed by atoms with Gasteiger partial charge in [0.2, 0.25) is 5.88 Å². The summed E-state index contributed by atoms with van der Waals surface area (Å²) in [5.74, 6) is 2.75. The predicted octanol–water partition coefficient (Wildman–Crippen LogP) is 4.01. The second-order valence-corrected chi connectivity index (χ2v) is 6.88. The summed E-state index contributed by atoms with van der Waals surface area (Å²) < 4.78 is 5.03. The zero-order valence-electron chi connectivity index (χ0n) is 14.0. The number of benzene rings is 1. The number of anilines is 1. The molecule has 0 fully saturated rings. The maximum absolute atomic E-state index is 5.28. The van der Waals surface area contributed by atoms with Crippen LogP contribution >= 0.6 is 24.0 Å². The molecule has 0 spiro atoms. The molecule has 1 aromatic carbocycles. The Balaban J connectivity index is 1.57. The van der Waals surface area contributed by atoms with Gasteiger partial charge < -0.3 is 15.4 Å². The fourth-order valence-corrected chi connectivity index (χ4v) is 3.25. The number of thioether (sulfide) groups is 1. The van der Waals surface area contributed by atoms with Gasteiger partial charge >= 0.3 is 0 Å². The van der Waals surface area contributed by atoms with Crippen molar-refractivity contribution >= 4 is 34.8 Å². The van der Waals surface area contributed by atoms with Gasteiger partial charge in [0.1, 0.15) is 0 Å². The van der Waals surface area contributed by atoms with Crippen LogP contribution in [-0.4, -0.2) is 29.5 Å².